The average Bonchev–Trinajstić information content (AvgIpc) is 2.08. The van der Waals surface area contributed by atoms with Crippen LogP contribution in [-0.2, 0) is 6.67 Å². The molecule has 0 aliphatic rings. The van der Waals surface area contributed by atoms with E-state index in [2.05, 4.69) is 13.1 Å². The van der Waals surface area contributed by atoms with E-state index in [-0.39, 0.29) is 6.67 Å². The number of hydrogen-bond donors (Lipinski definition) is 0. The Morgan fingerprint density at radius 1 is 1.18 bits per heavy atom. The summed E-state index contributed by atoms with van der Waals surface area (Å²) in [6, 6.07) is 9.06. The monoisotopic (exact) mass is 170 g/mol. The van der Waals surface area contributed by atoms with E-state index in [1.165, 1.54) is 0 Å². The molecule has 11 heavy (non-hydrogen) atoms. The molecule has 0 heterocycles. The molecule has 0 fully saturated rings. The molecule has 0 spiro atoms. The molecule has 1 rings (SSSR count). The summed E-state index contributed by atoms with van der Waals surface area (Å²) in [5, 5.41) is 0. The Morgan fingerprint density at radius 3 is 1.91 bits per heavy atom. The third-order valence-corrected chi connectivity index (χ3v) is 0.997. The second-order valence-corrected chi connectivity index (χ2v) is 3.74. The highest BCUT2D eigenvalue weighted by molar-refractivity contribution is 6.31. The summed E-state index contributed by atoms with van der Waals surface area (Å²) in [7, 11) is 0.417. The number of hydrogen-bond acceptors (Lipinski definition) is 0. The summed E-state index contributed by atoms with van der Waals surface area (Å²) in [6.45, 7) is 4.17. The molecule has 0 saturated heterocycles. The Morgan fingerprint density at radius 2 is 1.64 bits per heavy atom. The molecule has 0 nitrogen and oxygen atoms in total. The van der Waals surface area contributed by atoms with Crippen molar-refractivity contribution in [2.24, 2.45) is 0 Å². The zero-order chi connectivity index (χ0) is 8.53. The van der Waals surface area contributed by atoms with Crippen LogP contribution in [0.2, 0.25) is 13.1 Å². The molecule has 0 atom stereocenters. The number of alkyl halides is 1. The minimum absolute atomic E-state index is 0.360. The van der Waals surface area contributed by atoms with Crippen molar-refractivity contribution in [1.82, 2.24) is 0 Å². The first-order valence-corrected chi connectivity index (χ1v) is 6.77. The lowest BCUT2D eigenvalue weighted by Gasteiger charge is -1.87. The van der Waals surface area contributed by atoms with Crippen LogP contribution in [0.3, 0.4) is 0 Å². The minimum Gasteiger partial charge on any atom is -0.246 e. The lowest BCUT2D eigenvalue weighted by atomic mass is 10.2. The smallest absolute Gasteiger partial charge is 0.115 e. The number of rotatable bonds is 1. The molecule has 1 aromatic rings. The molecule has 0 unspecified atom stereocenters. The van der Waals surface area contributed by atoms with Gasteiger partial charge in [-0.1, -0.05) is 43.4 Å². The molecule has 0 aromatic heterocycles. The fraction of sp³-hybridized carbons (Fsp3) is 0.333. The Hall–Kier alpha value is -0.633. The first-order chi connectivity index (χ1) is 5.35. The predicted octanol–water partition coefficient (Wildman–Crippen LogP) is 2.41. The summed E-state index contributed by atoms with van der Waals surface area (Å²) in [4.78, 5) is 0. The zero-order valence-electron chi connectivity index (χ0n) is 7.18. The molecule has 2 heteroatoms. The van der Waals surface area contributed by atoms with Gasteiger partial charge in [0.15, 0.2) is 0 Å². The van der Waals surface area contributed by atoms with Crippen LogP contribution in [0.4, 0.5) is 4.39 Å². The highest BCUT2D eigenvalue weighted by atomic mass is 28.2. The van der Waals surface area contributed by atoms with Crippen LogP contribution in [0, 0.1) is 0 Å². The first kappa shape index (κ1) is 10.4. The zero-order valence-corrected chi connectivity index (χ0v) is 8.59. The van der Waals surface area contributed by atoms with Gasteiger partial charge < -0.3 is 0 Å². The van der Waals surface area contributed by atoms with Gasteiger partial charge in [-0.15, -0.1) is 0 Å². The maximum Gasteiger partial charge on any atom is 0.115 e. The summed E-state index contributed by atoms with van der Waals surface area (Å²) in [5.41, 5.74) is 0.743. The maximum atomic E-state index is 11.7. The fourth-order valence-corrected chi connectivity index (χ4v) is 0.567. The van der Waals surface area contributed by atoms with Gasteiger partial charge in [-0.2, -0.15) is 0 Å². The SMILES string of the molecule is C[SiH2]C.FCc1ccccc1. The summed E-state index contributed by atoms with van der Waals surface area (Å²) >= 11 is 0. The normalized spacial score (nSPS) is 8.27. The quantitative estimate of drug-likeness (QED) is 0.568. The summed E-state index contributed by atoms with van der Waals surface area (Å²) < 4.78 is 11.7. The predicted molar refractivity (Wildman–Crippen MR) is 51.5 cm³/mol. The molecule has 62 valence electrons. The van der Waals surface area contributed by atoms with Crippen LogP contribution in [0.5, 0.6) is 0 Å². The molecule has 0 aliphatic carbocycles. The van der Waals surface area contributed by atoms with Crippen molar-refractivity contribution in [3.63, 3.8) is 0 Å². The van der Waals surface area contributed by atoms with Gasteiger partial charge in [0.05, 0.1) is 0 Å². The third-order valence-electron chi connectivity index (χ3n) is 0.997. The van der Waals surface area contributed by atoms with E-state index in [1.54, 1.807) is 12.1 Å². The van der Waals surface area contributed by atoms with Crippen molar-refractivity contribution in [2.45, 2.75) is 19.8 Å². The van der Waals surface area contributed by atoms with Crippen molar-refractivity contribution in [3.05, 3.63) is 35.9 Å². The van der Waals surface area contributed by atoms with Crippen LogP contribution >= 0.6 is 0 Å². The van der Waals surface area contributed by atoms with Gasteiger partial charge in [0.1, 0.15) is 6.67 Å². The maximum absolute atomic E-state index is 11.7. The van der Waals surface area contributed by atoms with Gasteiger partial charge in [-0.25, -0.2) is 4.39 Å². The van der Waals surface area contributed by atoms with Crippen molar-refractivity contribution < 1.29 is 4.39 Å². The van der Waals surface area contributed by atoms with Crippen LogP contribution in [-0.4, -0.2) is 9.52 Å². The number of benzene rings is 1. The van der Waals surface area contributed by atoms with Gasteiger partial charge in [-0.3, -0.25) is 0 Å². The standard InChI is InChI=1S/C7H7F.C2H8Si/c8-6-7-4-2-1-3-5-7;1-3-2/h1-5H,6H2;3H2,1-2H3. The van der Waals surface area contributed by atoms with E-state index in [9.17, 15) is 4.39 Å². The van der Waals surface area contributed by atoms with E-state index < -0.39 is 0 Å². The lowest BCUT2D eigenvalue weighted by Crippen LogP contribution is -1.72. The van der Waals surface area contributed by atoms with Crippen molar-refractivity contribution in [3.8, 4) is 0 Å². The van der Waals surface area contributed by atoms with Gasteiger partial charge in [-0.05, 0) is 5.56 Å². The van der Waals surface area contributed by atoms with Crippen LogP contribution < -0.4 is 0 Å². The van der Waals surface area contributed by atoms with E-state index in [0.717, 1.165) is 5.56 Å². The van der Waals surface area contributed by atoms with Crippen molar-refractivity contribution >= 4 is 9.52 Å². The van der Waals surface area contributed by atoms with Crippen molar-refractivity contribution in [2.75, 3.05) is 0 Å². The second-order valence-electron chi connectivity index (χ2n) is 2.33. The largest absolute Gasteiger partial charge is 0.246 e. The van der Waals surface area contributed by atoms with Gasteiger partial charge in [0, 0.05) is 9.52 Å². The average molecular weight is 170 g/mol. The molecular formula is C9H15FSi. The van der Waals surface area contributed by atoms with Crippen molar-refractivity contribution in [1.29, 1.82) is 0 Å². The Bertz CT molecular complexity index is 162. The second kappa shape index (κ2) is 7.47. The molecule has 1 aromatic carbocycles. The third kappa shape index (κ3) is 5.79. The Balaban J connectivity index is 0.000000292. The highest BCUT2D eigenvalue weighted by Crippen LogP contribution is 1.98. The molecule has 0 aliphatic heterocycles. The van der Waals surface area contributed by atoms with Gasteiger partial charge in [0.25, 0.3) is 0 Å². The fourth-order valence-electron chi connectivity index (χ4n) is 0.567. The van der Waals surface area contributed by atoms with Crippen LogP contribution in [0.15, 0.2) is 30.3 Å². The lowest BCUT2D eigenvalue weighted by molar-refractivity contribution is 0.485. The molecular weight excluding hydrogens is 155 g/mol. The van der Waals surface area contributed by atoms with Gasteiger partial charge >= 0.3 is 0 Å². The first-order valence-electron chi connectivity index (χ1n) is 3.95. The molecule has 0 amide bonds. The minimum atomic E-state index is -0.360. The molecule has 0 saturated carbocycles. The van der Waals surface area contributed by atoms with Crippen LogP contribution in [0.25, 0.3) is 0 Å². The van der Waals surface area contributed by atoms with Crippen LogP contribution in [0.1, 0.15) is 5.56 Å². The van der Waals surface area contributed by atoms with E-state index >= 15 is 0 Å². The highest BCUT2D eigenvalue weighted by Gasteiger charge is 1.82. The topological polar surface area (TPSA) is 0 Å². The molecule has 0 bridgehead atoms. The van der Waals surface area contributed by atoms with E-state index in [1.807, 2.05) is 18.2 Å². The van der Waals surface area contributed by atoms with E-state index in [4.69, 9.17) is 0 Å². The van der Waals surface area contributed by atoms with E-state index in [0.29, 0.717) is 9.52 Å². The summed E-state index contributed by atoms with van der Waals surface area (Å²) in [6.07, 6.45) is 0. The number of halogens is 1. The van der Waals surface area contributed by atoms with Gasteiger partial charge in [0.2, 0.25) is 0 Å². The Kier molecular flexibility index (Phi) is 7.04. The Labute approximate surface area is 70.3 Å². The molecule has 0 radical (unpaired) electrons. The molecule has 0 N–H and O–H groups in total. The summed E-state index contributed by atoms with van der Waals surface area (Å²) in [5.74, 6) is 0.